The molecule has 24 heavy (non-hydrogen) atoms. The van der Waals surface area contributed by atoms with E-state index in [2.05, 4.69) is 60.6 Å². The molecule has 0 heterocycles. The van der Waals surface area contributed by atoms with Crippen molar-refractivity contribution in [2.24, 2.45) is 17.8 Å². The van der Waals surface area contributed by atoms with Crippen LogP contribution in [0.25, 0.3) is 0 Å². The van der Waals surface area contributed by atoms with Crippen LogP contribution in [-0.4, -0.2) is 0 Å². The summed E-state index contributed by atoms with van der Waals surface area (Å²) >= 11 is 0. The van der Waals surface area contributed by atoms with Crippen LogP contribution >= 0.6 is 0 Å². The Balaban J connectivity index is 2.44. The summed E-state index contributed by atoms with van der Waals surface area (Å²) in [5.74, 6) is 2.04. The van der Waals surface area contributed by atoms with Crippen LogP contribution in [0.5, 0.6) is 0 Å². The van der Waals surface area contributed by atoms with E-state index in [1.807, 2.05) is 0 Å². The average Bonchev–Trinajstić information content (AvgIpc) is 3.17. The van der Waals surface area contributed by atoms with E-state index in [4.69, 9.17) is 0 Å². The van der Waals surface area contributed by atoms with Crippen LogP contribution in [0.2, 0.25) is 0 Å². The predicted octanol–water partition coefficient (Wildman–Crippen LogP) is 7.79. The quantitative estimate of drug-likeness (QED) is 0.427. The third kappa shape index (κ3) is 3.22. The summed E-state index contributed by atoms with van der Waals surface area (Å²) in [4.78, 5) is 0. The van der Waals surface area contributed by atoms with E-state index >= 15 is 0 Å². The Bertz CT molecular complexity index is 527. The monoisotopic (exact) mass is 326 g/mol. The van der Waals surface area contributed by atoms with Crippen LogP contribution < -0.4 is 0 Å². The van der Waals surface area contributed by atoms with Gasteiger partial charge in [0.15, 0.2) is 0 Å². The Morgan fingerprint density at radius 3 is 1.25 bits per heavy atom. The Morgan fingerprint density at radius 2 is 1.00 bits per heavy atom. The van der Waals surface area contributed by atoms with Gasteiger partial charge < -0.3 is 0 Å². The second-order valence-corrected chi connectivity index (χ2v) is 7.48. The van der Waals surface area contributed by atoms with Crippen LogP contribution in [0.1, 0.15) is 87.0 Å². The van der Waals surface area contributed by atoms with E-state index in [9.17, 15) is 0 Å². The molecule has 0 saturated carbocycles. The van der Waals surface area contributed by atoms with E-state index < -0.39 is 0 Å². The SMILES string of the molecule is CCC1=CC(CC)=C(CC)C1C(C)C1C(CC)=CC(CC)=C1CC. The van der Waals surface area contributed by atoms with Crippen molar-refractivity contribution in [1.29, 1.82) is 0 Å². The molecule has 0 aromatic carbocycles. The normalized spacial score (nSPS) is 25.5. The molecule has 0 aromatic heterocycles. The van der Waals surface area contributed by atoms with Gasteiger partial charge in [0.2, 0.25) is 0 Å². The maximum Gasteiger partial charge on any atom is 0.00502 e. The zero-order chi connectivity index (χ0) is 17.9. The van der Waals surface area contributed by atoms with Gasteiger partial charge >= 0.3 is 0 Å². The van der Waals surface area contributed by atoms with E-state index in [1.165, 1.54) is 38.5 Å². The van der Waals surface area contributed by atoms with Gasteiger partial charge in [-0.05, 0) is 55.6 Å². The summed E-state index contributed by atoms with van der Waals surface area (Å²) in [6.45, 7) is 16.6. The smallest absolute Gasteiger partial charge is 0.00502 e. The van der Waals surface area contributed by atoms with Crippen LogP contribution in [0.15, 0.2) is 45.6 Å². The molecule has 0 saturated heterocycles. The first-order chi connectivity index (χ1) is 11.6. The fraction of sp³-hybridized carbons (Fsp3) is 0.667. The molecule has 0 spiro atoms. The van der Waals surface area contributed by atoms with E-state index in [0.29, 0.717) is 17.8 Å². The molecule has 134 valence electrons. The molecule has 0 nitrogen and oxygen atoms in total. The van der Waals surface area contributed by atoms with Crippen LogP contribution in [0, 0.1) is 17.8 Å². The number of hydrogen-bond donors (Lipinski definition) is 0. The van der Waals surface area contributed by atoms with Crippen LogP contribution in [0.4, 0.5) is 0 Å². The van der Waals surface area contributed by atoms with Crippen LogP contribution in [0.3, 0.4) is 0 Å². The highest BCUT2D eigenvalue weighted by Gasteiger charge is 2.38. The minimum atomic E-state index is 0.674. The second-order valence-electron chi connectivity index (χ2n) is 7.48. The van der Waals surface area contributed by atoms with Gasteiger partial charge in [0.05, 0.1) is 0 Å². The summed E-state index contributed by atoms with van der Waals surface area (Å²) in [6, 6.07) is 0. The molecule has 0 aromatic rings. The molecule has 0 radical (unpaired) electrons. The number of rotatable bonds is 8. The Hall–Kier alpha value is -1.04. The Morgan fingerprint density at radius 1 is 0.625 bits per heavy atom. The van der Waals surface area contributed by atoms with Gasteiger partial charge in [-0.3, -0.25) is 0 Å². The van der Waals surface area contributed by atoms with Gasteiger partial charge in [0, 0.05) is 11.8 Å². The lowest BCUT2D eigenvalue weighted by Gasteiger charge is -2.34. The predicted molar refractivity (Wildman–Crippen MR) is 108 cm³/mol. The molecule has 0 aliphatic heterocycles. The van der Waals surface area contributed by atoms with Gasteiger partial charge in [-0.15, -0.1) is 0 Å². The van der Waals surface area contributed by atoms with Crippen molar-refractivity contribution in [2.45, 2.75) is 87.0 Å². The topological polar surface area (TPSA) is 0 Å². The molecule has 0 N–H and O–H groups in total. The van der Waals surface area contributed by atoms with Crippen molar-refractivity contribution >= 4 is 0 Å². The summed E-state index contributed by atoms with van der Waals surface area (Å²) in [5.41, 5.74) is 10.1. The van der Waals surface area contributed by atoms with E-state index in [-0.39, 0.29) is 0 Å². The molecule has 2 aliphatic carbocycles. The Labute approximate surface area is 150 Å². The number of hydrogen-bond acceptors (Lipinski definition) is 0. The van der Waals surface area contributed by atoms with Gasteiger partial charge in [0.25, 0.3) is 0 Å². The first-order valence-corrected chi connectivity index (χ1v) is 10.4. The lowest BCUT2D eigenvalue weighted by atomic mass is 9.70. The van der Waals surface area contributed by atoms with Gasteiger partial charge in [0.1, 0.15) is 0 Å². The molecular formula is C24H38. The highest BCUT2D eigenvalue weighted by Crippen LogP contribution is 2.50. The molecule has 2 atom stereocenters. The van der Waals surface area contributed by atoms with Crippen molar-refractivity contribution in [3.05, 3.63) is 45.6 Å². The molecule has 0 heteroatoms. The van der Waals surface area contributed by atoms with Crippen molar-refractivity contribution in [1.82, 2.24) is 0 Å². The minimum absolute atomic E-state index is 0.674. The lowest BCUT2D eigenvalue weighted by molar-refractivity contribution is 0.363. The van der Waals surface area contributed by atoms with Crippen LogP contribution in [-0.2, 0) is 0 Å². The van der Waals surface area contributed by atoms with Gasteiger partial charge in [-0.1, -0.05) is 82.9 Å². The van der Waals surface area contributed by atoms with Crippen molar-refractivity contribution in [3.63, 3.8) is 0 Å². The average molecular weight is 327 g/mol. The Kier molecular flexibility index (Phi) is 6.72. The zero-order valence-corrected chi connectivity index (χ0v) is 17.1. The highest BCUT2D eigenvalue weighted by molar-refractivity contribution is 5.47. The van der Waals surface area contributed by atoms with Crippen molar-refractivity contribution < 1.29 is 0 Å². The molecule has 2 aliphatic rings. The molecular weight excluding hydrogens is 288 g/mol. The molecule has 0 bridgehead atoms. The molecule has 2 unspecified atom stereocenters. The molecule has 2 rings (SSSR count). The third-order valence-corrected chi connectivity index (χ3v) is 6.49. The standard InChI is InChI=1S/C24H38/c1-8-17-14-19(10-3)23(21(17)12-5)16(7)24-20(11-4)15-18(9-2)22(24)13-6/h14-16,23-24H,8-13H2,1-7H3. The molecule has 0 amide bonds. The lowest BCUT2D eigenvalue weighted by Crippen LogP contribution is -2.25. The zero-order valence-electron chi connectivity index (χ0n) is 17.1. The maximum absolute atomic E-state index is 2.54. The summed E-state index contributed by atoms with van der Waals surface area (Å²) < 4.78 is 0. The maximum atomic E-state index is 2.54. The van der Waals surface area contributed by atoms with E-state index in [0.717, 1.165) is 0 Å². The third-order valence-electron chi connectivity index (χ3n) is 6.49. The van der Waals surface area contributed by atoms with Crippen molar-refractivity contribution in [2.75, 3.05) is 0 Å². The van der Waals surface area contributed by atoms with Crippen molar-refractivity contribution in [3.8, 4) is 0 Å². The largest absolute Gasteiger partial charge is 0.0627 e. The minimum Gasteiger partial charge on any atom is -0.0627 e. The summed E-state index contributed by atoms with van der Waals surface area (Å²) in [5, 5.41) is 0. The fourth-order valence-electron chi connectivity index (χ4n) is 5.36. The van der Waals surface area contributed by atoms with Gasteiger partial charge in [-0.2, -0.15) is 0 Å². The summed E-state index contributed by atoms with van der Waals surface area (Å²) in [6.07, 6.45) is 12.3. The number of allylic oxidation sites excluding steroid dienone is 8. The second kappa shape index (κ2) is 8.37. The van der Waals surface area contributed by atoms with E-state index in [1.54, 1.807) is 33.4 Å². The summed E-state index contributed by atoms with van der Waals surface area (Å²) in [7, 11) is 0. The first kappa shape index (κ1) is 19.3. The van der Waals surface area contributed by atoms with Gasteiger partial charge in [-0.25, -0.2) is 0 Å². The molecule has 0 fully saturated rings. The first-order valence-electron chi connectivity index (χ1n) is 10.4. The fourth-order valence-corrected chi connectivity index (χ4v) is 5.36. The highest BCUT2D eigenvalue weighted by atomic mass is 14.4.